The number of nitrogens with zero attached hydrogens (tertiary/aromatic N) is 1. The van der Waals surface area contributed by atoms with Crippen LogP contribution in [0, 0.1) is 4.64 Å². The molecule has 0 aliphatic carbocycles. The van der Waals surface area contributed by atoms with Crippen molar-refractivity contribution in [1.82, 2.24) is 9.55 Å². The molecule has 0 unspecified atom stereocenters. The molecule has 1 aromatic heterocycles. The van der Waals surface area contributed by atoms with Crippen LogP contribution >= 0.6 is 12.2 Å². The van der Waals surface area contributed by atoms with Gasteiger partial charge in [-0.3, -0.25) is 9.55 Å². The lowest BCUT2D eigenvalue weighted by Gasteiger charge is -2.21. The van der Waals surface area contributed by atoms with Gasteiger partial charge in [0.1, 0.15) is 23.5 Å². The lowest BCUT2D eigenvalue weighted by Crippen LogP contribution is -2.42. The van der Waals surface area contributed by atoms with E-state index >= 15 is 0 Å². The third kappa shape index (κ3) is 2.78. The van der Waals surface area contributed by atoms with Gasteiger partial charge in [0, 0.05) is 18.9 Å². The number of alkyl halides is 1. The van der Waals surface area contributed by atoms with Crippen LogP contribution in [0.15, 0.2) is 11.0 Å². The van der Waals surface area contributed by atoms with Gasteiger partial charge in [-0.15, -0.1) is 0 Å². The Kier molecular flexibility index (Phi) is 4.15. The second-order valence-corrected chi connectivity index (χ2v) is 4.90. The Morgan fingerprint density at radius 3 is 2.95 bits per heavy atom. The fraction of sp³-hybridized carbons (Fsp3) is 0.636. The number of rotatable bonds is 4. The predicted molar refractivity (Wildman–Crippen MR) is 69.7 cm³/mol. The SMILES string of the molecule is [2H][C@@]1(n2cc(CO)c(=S)[nH]c2=O)O[C@](F)(COC)[C@@H](O)[C@H]1O. The summed E-state index contributed by atoms with van der Waals surface area (Å²) < 4.78 is 32.4. The highest BCUT2D eigenvalue weighted by atomic mass is 32.1. The van der Waals surface area contributed by atoms with Crippen molar-refractivity contribution in [2.75, 3.05) is 13.7 Å². The fourth-order valence-electron chi connectivity index (χ4n) is 1.96. The van der Waals surface area contributed by atoms with Gasteiger partial charge in [-0.1, -0.05) is 12.2 Å². The van der Waals surface area contributed by atoms with E-state index < -0.39 is 43.2 Å². The summed E-state index contributed by atoms with van der Waals surface area (Å²) in [7, 11) is 1.14. The van der Waals surface area contributed by atoms with Crippen molar-refractivity contribution in [2.45, 2.75) is 30.9 Å². The van der Waals surface area contributed by atoms with E-state index in [1.54, 1.807) is 0 Å². The molecule has 1 aliphatic rings. The summed E-state index contributed by atoms with van der Waals surface area (Å²) in [5, 5.41) is 28.9. The van der Waals surface area contributed by atoms with Crippen LogP contribution in [-0.2, 0) is 16.1 Å². The molecule has 0 amide bonds. The molecule has 1 fully saturated rings. The zero-order valence-corrected chi connectivity index (χ0v) is 11.8. The van der Waals surface area contributed by atoms with Gasteiger partial charge in [-0.2, -0.15) is 0 Å². The van der Waals surface area contributed by atoms with Gasteiger partial charge in [0.15, 0.2) is 6.20 Å². The molecule has 8 nitrogen and oxygen atoms in total. The molecular formula is C11H15FN2O6S. The van der Waals surface area contributed by atoms with Crippen molar-refractivity contribution < 1.29 is 30.6 Å². The van der Waals surface area contributed by atoms with E-state index in [1.165, 1.54) is 0 Å². The van der Waals surface area contributed by atoms with E-state index in [0.717, 1.165) is 13.3 Å². The van der Waals surface area contributed by atoms with E-state index in [2.05, 4.69) is 9.72 Å². The van der Waals surface area contributed by atoms with Gasteiger partial charge in [0.05, 0.1) is 7.98 Å². The Balaban J connectivity index is 2.57. The summed E-state index contributed by atoms with van der Waals surface area (Å²) in [6.45, 7) is -1.31. The Bertz CT molecular complexity index is 683. The molecule has 0 radical (unpaired) electrons. The fourth-order valence-corrected chi connectivity index (χ4v) is 2.16. The third-order valence-electron chi connectivity index (χ3n) is 3.03. The van der Waals surface area contributed by atoms with Crippen LogP contribution in [0.5, 0.6) is 0 Å². The minimum atomic E-state index is -2.87. The molecule has 0 saturated carbocycles. The van der Waals surface area contributed by atoms with Crippen LogP contribution in [0.4, 0.5) is 4.39 Å². The standard InChI is InChI=1S/C11H15FN2O6S/c1-19-4-11(12)7(17)6(16)9(20-11)14-2-5(3-15)8(21)13-10(14)18/h2,6-7,9,15-17H,3-4H2,1H3,(H,13,18,21)/t6-,7+,9-,11-/m1/s1/i9D. The predicted octanol–water partition coefficient (Wildman–Crippen LogP) is -1.04. The van der Waals surface area contributed by atoms with Crippen LogP contribution in [0.3, 0.4) is 0 Å². The van der Waals surface area contributed by atoms with Crippen molar-refractivity contribution in [1.29, 1.82) is 0 Å². The molecule has 1 aromatic rings. The molecule has 1 saturated heterocycles. The van der Waals surface area contributed by atoms with Crippen LogP contribution in [0.1, 0.15) is 13.1 Å². The van der Waals surface area contributed by atoms with E-state index in [-0.39, 0.29) is 10.2 Å². The second kappa shape index (κ2) is 5.91. The smallest absolute Gasteiger partial charge is 0.328 e. The number of hydrogen-bond acceptors (Lipinski definition) is 7. The molecule has 1 aliphatic heterocycles. The van der Waals surface area contributed by atoms with E-state index in [1.807, 2.05) is 0 Å². The van der Waals surface area contributed by atoms with Crippen LogP contribution < -0.4 is 5.69 Å². The first-order chi connectivity index (χ1) is 10.2. The zero-order chi connectivity index (χ0) is 16.7. The summed E-state index contributed by atoms with van der Waals surface area (Å²) in [4.78, 5) is 14.1. The molecule has 21 heavy (non-hydrogen) atoms. The van der Waals surface area contributed by atoms with Crippen molar-refractivity contribution in [3.05, 3.63) is 26.9 Å². The Labute approximate surface area is 124 Å². The van der Waals surface area contributed by atoms with Crippen molar-refractivity contribution >= 4 is 12.2 Å². The second-order valence-electron chi connectivity index (χ2n) is 4.49. The lowest BCUT2D eigenvalue weighted by molar-refractivity contribution is -0.212. The largest absolute Gasteiger partial charge is 0.392 e. The van der Waals surface area contributed by atoms with Crippen LogP contribution in [0.2, 0.25) is 0 Å². The number of nitrogens with one attached hydrogen (secondary N) is 1. The normalized spacial score (nSPS) is 36.7. The van der Waals surface area contributed by atoms with Crippen LogP contribution in [-0.4, -0.2) is 56.7 Å². The quantitative estimate of drug-likeness (QED) is 0.523. The van der Waals surface area contributed by atoms with E-state index in [4.69, 9.17) is 23.4 Å². The molecule has 2 heterocycles. The molecular weight excluding hydrogens is 307 g/mol. The highest BCUT2D eigenvalue weighted by molar-refractivity contribution is 7.71. The number of aromatic nitrogens is 2. The van der Waals surface area contributed by atoms with Crippen molar-refractivity contribution in [3.8, 4) is 0 Å². The molecule has 118 valence electrons. The van der Waals surface area contributed by atoms with E-state index in [0.29, 0.717) is 4.57 Å². The average Bonchev–Trinajstić information content (AvgIpc) is 2.61. The molecule has 4 atom stereocenters. The maximum atomic E-state index is 14.5. The summed E-state index contributed by atoms with van der Waals surface area (Å²) in [5.74, 6) is -2.87. The highest BCUT2D eigenvalue weighted by Crippen LogP contribution is 2.37. The third-order valence-corrected chi connectivity index (χ3v) is 3.40. The molecule has 2 rings (SSSR count). The Morgan fingerprint density at radius 1 is 1.71 bits per heavy atom. The number of hydrogen-bond donors (Lipinski definition) is 4. The zero-order valence-electron chi connectivity index (χ0n) is 11.9. The Hall–Kier alpha value is -1.17. The van der Waals surface area contributed by atoms with Gasteiger partial charge in [0.25, 0.3) is 5.85 Å². The number of halogens is 1. The first-order valence-corrected chi connectivity index (χ1v) is 6.31. The van der Waals surface area contributed by atoms with Gasteiger partial charge in [-0.05, 0) is 0 Å². The Morgan fingerprint density at radius 2 is 2.38 bits per heavy atom. The van der Waals surface area contributed by atoms with Crippen molar-refractivity contribution in [2.24, 2.45) is 0 Å². The number of aliphatic hydroxyl groups is 3. The molecule has 10 heteroatoms. The molecule has 0 bridgehead atoms. The summed E-state index contributed by atoms with van der Waals surface area (Å²) >= 11 is 4.81. The highest BCUT2D eigenvalue weighted by Gasteiger charge is 2.56. The van der Waals surface area contributed by atoms with Gasteiger partial charge in [-0.25, -0.2) is 9.18 Å². The number of aromatic amines is 1. The number of aliphatic hydroxyl groups excluding tert-OH is 3. The van der Waals surface area contributed by atoms with Gasteiger partial charge in [0.2, 0.25) is 0 Å². The van der Waals surface area contributed by atoms with E-state index in [9.17, 15) is 19.4 Å². The maximum absolute atomic E-state index is 14.5. The summed E-state index contributed by atoms with van der Waals surface area (Å²) in [6, 6.07) is 0. The van der Waals surface area contributed by atoms with Crippen LogP contribution in [0.25, 0.3) is 0 Å². The average molecular weight is 323 g/mol. The minimum Gasteiger partial charge on any atom is -0.392 e. The summed E-state index contributed by atoms with van der Waals surface area (Å²) in [5.41, 5.74) is -0.903. The maximum Gasteiger partial charge on any atom is 0.328 e. The lowest BCUT2D eigenvalue weighted by atomic mass is 10.1. The van der Waals surface area contributed by atoms with Gasteiger partial charge >= 0.3 is 5.69 Å². The monoisotopic (exact) mass is 323 g/mol. The minimum absolute atomic E-state index is 0.0645. The first kappa shape index (κ1) is 14.8. The molecule has 0 aromatic carbocycles. The topological polar surface area (TPSA) is 117 Å². The van der Waals surface area contributed by atoms with Crippen molar-refractivity contribution in [3.63, 3.8) is 0 Å². The number of ether oxygens (including phenoxy) is 2. The molecule has 4 N–H and O–H groups in total. The molecule has 0 spiro atoms. The summed E-state index contributed by atoms with van der Waals surface area (Å²) in [6.07, 6.45) is -5.89. The first-order valence-electron chi connectivity index (χ1n) is 6.40. The number of H-pyrrole nitrogens is 1. The van der Waals surface area contributed by atoms with Gasteiger partial charge < -0.3 is 24.8 Å². The number of methoxy groups -OCH3 is 1.